The van der Waals surface area contributed by atoms with Gasteiger partial charge in [0.1, 0.15) is 11.8 Å². The van der Waals surface area contributed by atoms with Gasteiger partial charge < -0.3 is 10.5 Å². The van der Waals surface area contributed by atoms with Crippen LogP contribution in [0.4, 0.5) is 5.69 Å². The van der Waals surface area contributed by atoms with Crippen molar-refractivity contribution < 1.29 is 4.74 Å². The molecule has 0 aliphatic rings. The molecule has 80 valence electrons. The van der Waals surface area contributed by atoms with E-state index in [9.17, 15) is 0 Å². The molecule has 0 bridgehead atoms. The molecule has 1 aromatic rings. The molecule has 3 heteroatoms. The quantitative estimate of drug-likeness (QED) is 0.753. The number of nitrogen functional groups attached to an aromatic ring is 1. The van der Waals surface area contributed by atoms with Gasteiger partial charge >= 0.3 is 0 Å². The van der Waals surface area contributed by atoms with Gasteiger partial charge in [-0.05, 0) is 23.1 Å². The Morgan fingerprint density at radius 1 is 1.40 bits per heavy atom. The van der Waals surface area contributed by atoms with Crippen LogP contribution < -0.4 is 10.5 Å². The maximum Gasteiger partial charge on any atom is 0.174 e. The van der Waals surface area contributed by atoms with E-state index in [1.165, 1.54) is 0 Å². The van der Waals surface area contributed by atoms with Crippen molar-refractivity contribution in [2.24, 2.45) is 0 Å². The Morgan fingerprint density at radius 3 is 2.53 bits per heavy atom. The maximum absolute atomic E-state index is 8.39. The Labute approximate surface area is 90.5 Å². The predicted octanol–water partition coefficient (Wildman–Crippen LogP) is 2.47. The summed E-state index contributed by atoms with van der Waals surface area (Å²) < 4.78 is 5.17. The first-order valence-electron chi connectivity index (χ1n) is 4.85. The van der Waals surface area contributed by atoms with Crippen molar-refractivity contribution in [2.45, 2.75) is 26.2 Å². The Kier molecular flexibility index (Phi) is 3.21. The summed E-state index contributed by atoms with van der Waals surface area (Å²) in [6, 6.07) is 7.59. The number of anilines is 1. The lowest BCUT2D eigenvalue weighted by molar-refractivity contribution is 0.370. The van der Waals surface area contributed by atoms with E-state index < -0.39 is 0 Å². The lowest BCUT2D eigenvalue weighted by Gasteiger charge is -2.20. The van der Waals surface area contributed by atoms with Crippen LogP contribution in [0.2, 0.25) is 0 Å². The van der Waals surface area contributed by atoms with E-state index >= 15 is 0 Å². The van der Waals surface area contributed by atoms with Gasteiger partial charge in [-0.15, -0.1) is 0 Å². The minimum Gasteiger partial charge on any atom is -0.477 e. The normalized spacial score (nSPS) is 10.8. The fourth-order valence-electron chi connectivity index (χ4n) is 1.26. The summed E-state index contributed by atoms with van der Waals surface area (Å²) in [5.41, 5.74) is 7.63. The summed E-state index contributed by atoms with van der Waals surface area (Å²) in [6.07, 6.45) is 0. The predicted molar refractivity (Wildman–Crippen MR) is 60.7 cm³/mol. The summed E-state index contributed by atoms with van der Waals surface area (Å²) in [5.74, 6) is 0.574. The standard InChI is InChI=1S/C12H16N2O/c1-12(2,3)9-4-5-11(10(14)8-9)15-7-6-13/h4-5,8H,7,14H2,1-3H3. The average molecular weight is 204 g/mol. The Morgan fingerprint density at radius 2 is 2.07 bits per heavy atom. The average Bonchev–Trinajstić information content (AvgIpc) is 2.14. The number of nitrogens with two attached hydrogens (primary N) is 1. The zero-order chi connectivity index (χ0) is 11.5. The lowest BCUT2D eigenvalue weighted by Crippen LogP contribution is -2.11. The van der Waals surface area contributed by atoms with Gasteiger partial charge in [-0.25, -0.2) is 0 Å². The van der Waals surface area contributed by atoms with Crippen molar-refractivity contribution in [1.29, 1.82) is 5.26 Å². The molecule has 15 heavy (non-hydrogen) atoms. The number of rotatable bonds is 2. The molecule has 2 N–H and O–H groups in total. The molecule has 0 atom stereocenters. The molecule has 0 radical (unpaired) electrons. The van der Waals surface area contributed by atoms with Crippen LogP contribution in [0.1, 0.15) is 26.3 Å². The summed E-state index contributed by atoms with van der Waals surface area (Å²) in [5, 5.41) is 8.39. The zero-order valence-corrected chi connectivity index (χ0v) is 9.37. The number of ether oxygens (including phenoxy) is 1. The second-order valence-electron chi connectivity index (χ2n) is 4.45. The molecule has 0 amide bonds. The Hall–Kier alpha value is -1.69. The molecule has 1 aromatic carbocycles. The van der Waals surface area contributed by atoms with Gasteiger partial charge in [0.2, 0.25) is 0 Å². The minimum absolute atomic E-state index is 0.0268. The van der Waals surface area contributed by atoms with Gasteiger partial charge in [0.25, 0.3) is 0 Å². The molecule has 0 saturated heterocycles. The van der Waals surface area contributed by atoms with Gasteiger partial charge in [-0.1, -0.05) is 26.8 Å². The Bertz CT molecular complexity index is 386. The van der Waals surface area contributed by atoms with E-state index in [1.807, 2.05) is 24.3 Å². The first-order valence-corrected chi connectivity index (χ1v) is 4.85. The summed E-state index contributed by atoms with van der Waals surface area (Å²) >= 11 is 0. The minimum atomic E-state index is 0.0268. The SMILES string of the molecule is CC(C)(C)c1ccc(OCC#N)c(N)c1. The molecule has 0 aliphatic heterocycles. The fraction of sp³-hybridized carbons (Fsp3) is 0.417. The smallest absolute Gasteiger partial charge is 0.174 e. The highest BCUT2D eigenvalue weighted by Gasteiger charge is 2.14. The van der Waals surface area contributed by atoms with Crippen LogP contribution in [0.25, 0.3) is 0 Å². The molecule has 1 rings (SSSR count). The van der Waals surface area contributed by atoms with Crippen molar-refractivity contribution in [2.75, 3.05) is 12.3 Å². The molecule has 0 fully saturated rings. The third-order valence-electron chi connectivity index (χ3n) is 2.17. The highest BCUT2D eigenvalue weighted by molar-refractivity contribution is 5.55. The molecule has 0 spiro atoms. The first-order chi connectivity index (χ1) is 6.95. The van der Waals surface area contributed by atoms with E-state index in [1.54, 1.807) is 0 Å². The van der Waals surface area contributed by atoms with E-state index in [4.69, 9.17) is 15.7 Å². The third kappa shape index (κ3) is 2.88. The van der Waals surface area contributed by atoms with Crippen LogP contribution in [-0.4, -0.2) is 6.61 Å². The van der Waals surface area contributed by atoms with Crippen LogP contribution in [0.15, 0.2) is 18.2 Å². The second-order valence-corrected chi connectivity index (χ2v) is 4.45. The fourth-order valence-corrected chi connectivity index (χ4v) is 1.26. The number of nitriles is 1. The van der Waals surface area contributed by atoms with Gasteiger partial charge in [-0.3, -0.25) is 0 Å². The summed E-state index contributed by atoms with van der Waals surface area (Å²) in [7, 11) is 0. The molecule has 0 aliphatic carbocycles. The lowest BCUT2D eigenvalue weighted by atomic mass is 9.87. The maximum atomic E-state index is 8.39. The molecule has 0 heterocycles. The second kappa shape index (κ2) is 4.22. The molecular weight excluding hydrogens is 188 g/mol. The topological polar surface area (TPSA) is 59.0 Å². The monoisotopic (exact) mass is 204 g/mol. The molecule has 3 nitrogen and oxygen atoms in total. The van der Waals surface area contributed by atoms with Gasteiger partial charge in [0.05, 0.1) is 5.69 Å². The number of hydrogen-bond acceptors (Lipinski definition) is 3. The van der Waals surface area contributed by atoms with E-state index in [0.717, 1.165) is 5.56 Å². The van der Waals surface area contributed by atoms with Crippen LogP contribution in [0.5, 0.6) is 5.75 Å². The third-order valence-corrected chi connectivity index (χ3v) is 2.17. The van der Waals surface area contributed by atoms with Crippen molar-refractivity contribution in [3.05, 3.63) is 23.8 Å². The van der Waals surface area contributed by atoms with Crippen molar-refractivity contribution >= 4 is 5.69 Å². The van der Waals surface area contributed by atoms with E-state index in [0.29, 0.717) is 11.4 Å². The first kappa shape index (κ1) is 11.4. The van der Waals surface area contributed by atoms with Crippen molar-refractivity contribution in [1.82, 2.24) is 0 Å². The number of benzene rings is 1. The molecule has 0 saturated carbocycles. The van der Waals surface area contributed by atoms with Crippen LogP contribution in [-0.2, 0) is 5.41 Å². The van der Waals surface area contributed by atoms with Crippen molar-refractivity contribution in [3.63, 3.8) is 0 Å². The van der Waals surface area contributed by atoms with Crippen LogP contribution in [0.3, 0.4) is 0 Å². The molecular formula is C12H16N2O. The zero-order valence-electron chi connectivity index (χ0n) is 9.37. The van der Waals surface area contributed by atoms with E-state index in [-0.39, 0.29) is 12.0 Å². The molecule has 0 aromatic heterocycles. The van der Waals surface area contributed by atoms with Crippen LogP contribution >= 0.6 is 0 Å². The van der Waals surface area contributed by atoms with Gasteiger partial charge in [-0.2, -0.15) is 5.26 Å². The van der Waals surface area contributed by atoms with Crippen LogP contribution in [0, 0.1) is 11.3 Å². The summed E-state index contributed by atoms with van der Waals surface area (Å²) in [4.78, 5) is 0. The highest BCUT2D eigenvalue weighted by Crippen LogP contribution is 2.29. The highest BCUT2D eigenvalue weighted by atomic mass is 16.5. The van der Waals surface area contributed by atoms with Gasteiger partial charge in [0.15, 0.2) is 6.61 Å². The Balaban J connectivity index is 2.94. The molecule has 0 unspecified atom stereocenters. The largest absolute Gasteiger partial charge is 0.477 e. The summed E-state index contributed by atoms with van der Waals surface area (Å²) in [6.45, 7) is 6.39. The number of hydrogen-bond donors (Lipinski definition) is 1. The van der Waals surface area contributed by atoms with Crippen molar-refractivity contribution in [3.8, 4) is 11.8 Å². The number of nitrogens with zero attached hydrogens (tertiary/aromatic N) is 1. The van der Waals surface area contributed by atoms with E-state index in [2.05, 4.69) is 20.8 Å². The van der Waals surface area contributed by atoms with Gasteiger partial charge in [0, 0.05) is 0 Å².